The lowest BCUT2D eigenvalue weighted by Crippen LogP contribution is -2.04. The largest absolute Gasteiger partial charge is 0.415 e. The zero-order valence-electron chi connectivity index (χ0n) is 7.27. The van der Waals surface area contributed by atoms with Crippen LogP contribution in [0.5, 0.6) is 5.75 Å². The third-order valence-corrected chi connectivity index (χ3v) is 1.74. The number of nitro groups is 1. The predicted molar refractivity (Wildman–Crippen MR) is 52.6 cm³/mol. The Morgan fingerprint density at radius 3 is 2.73 bits per heavy atom. The van der Waals surface area contributed by atoms with Gasteiger partial charge in [-0.3, -0.25) is 10.1 Å². The Kier molecular flexibility index (Phi) is 3.26. The van der Waals surface area contributed by atoms with Crippen molar-refractivity contribution in [2.45, 2.75) is 0 Å². The number of hydrogen-bond donors (Lipinski definition) is 0. The Bertz CT molecular complexity index is 464. The van der Waals surface area contributed by atoms with Crippen molar-refractivity contribution in [2.75, 3.05) is 0 Å². The molecule has 0 aliphatic heterocycles. The third-order valence-electron chi connectivity index (χ3n) is 1.45. The van der Waals surface area contributed by atoms with E-state index in [4.69, 9.17) is 18.0 Å². The standard InChI is InChI=1S/C9H4ClNO4/c1-2-9(12)15-8-4-3-6(11(13)14)5-7(8)10/h1,3-5H. The van der Waals surface area contributed by atoms with E-state index in [1.165, 1.54) is 6.07 Å². The molecule has 15 heavy (non-hydrogen) atoms. The number of non-ortho nitro benzene ring substituents is 1. The molecule has 0 saturated heterocycles. The summed E-state index contributed by atoms with van der Waals surface area (Å²) in [5, 5.41) is 10.3. The molecule has 0 bridgehead atoms. The minimum absolute atomic E-state index is 0.00906. The normalized spacial score (nSPS) is 9.07. The molecule has 0 aliphatic carbocycles. The molecule has 1 rings (SSSR count). The summed E-state index contributed by atoms with van der Waals surface area (Å²) in [4.78, 5) is 20.4. The van der Waals surface area contributed by atoms with Crippen LogP contribution < -0.4 is 4.74 Å². The summed E-state index contributed by atoms with van der Waals surface area (Å²) in [6.45, 7) is 0. The van der Waals surface area contributed by atoms with Gasteiger partial charge in [-0.1, -0.05) is 11.6 Å². The zero-order chi connectivity index (χ0) is 11.4. The highest BCUT2D eigenvalue weighted by Gasteiger charge is 2.11. The maximum absolute atomic E-state index is 10.7. The Morgan fingerprint density at radius 2 is 2.27 bits per heavy atom. The van der Waals surface area contributed by atoms with Crippen LogP contribution in [-0.4, -0.2) is 10.9 Å². The van der Waals surface area contributed by atoms with E-state index in [1.54, 1.807) is 5.92 Å². The number of halogens is 1. The van der Waals surface area contributed by atoms with Gasteiger partial charge in [-0.15, -0.1) is 6.42 Å². The Labute approximate surface area is 89.8 Å². The lowest BCUT2D eigenvalue weighted by atomic mass is 10.3. The summed E-state index contributed by atoms with van der Waals surface area (Å²) in [5.74, 6) is 0.804. The van der Waals surface area contributed by atoms with Gasteiger partial charge in [0.15, 0.2) is 5.75 Å². The van der Waals surface area contributed by atoms with E-state index in [-0.39, 0.29) is 16.5 Å². The number of hydrogen-bond acceptors (Lipinski definition) is 4. The van der Waals surface area contributed by atoms with Crippen LogP contribution in [0.25, 0.3) is 0 Å². The topological polar surface area (TPSA) is 69.4 Å². The van der Waals surface area contributed by atoms with E-state index in [2.05, 4.69) is 4.74 Å². The molecular weight excluding hydrogens is 222 g/mol. The van der Waals surface area contributed by atoms with E-state index < -0.39 is 10.9 Å². The van der Waals surface area contributed by atoms with Crippen LogP contribution in [0, 0.1) is 22.5 Å². The number of ether oxygens (including phenoxy) is 1. The molecule has 1 aromatic carbocycles. The number of rotatable bonds is 2. The Morgan fingerprint density at radius 1 is 1.60 bits per heavy atom. The summed E-state index contributed by atoms with van der Waals surface area (Å²) >= 11 is 5.62. The molecule has 0 unspecified atom stereocenters. The number of nitro benzene ring substituents is 1. The molecule has 0 N–H and O–H groups in total. The predicted octanol–water partition coefficient (Wildman–Crippen LogP) is 1.79. The molecule has 76 valence electrons. The molecule has 0 heterocycles. The first-order valence-electron chi connectivity index (χ1n) is 3.67. The summed E-state index contributed by atoms with van der Waals surface area (Å²) < 4.78 is 4.60. The fraction of sp³-hybridized carbons (Fsp3) is 0. The molecule has 0 aromatic heterocycles. The third kappa shape index (κ3) is 2.69. The van der Waals surface area contributed by atoms with Crippen molar-refractivity contribution in [3.63, 3.8) is 0 Å². The fourth-order valence-electron chi connectivity index (χ4n) is 0.815. The maximum Gasteiger partial charge on any atom is 0.389 e. The van der Waals surface area contributed by atoms with Crippen molar-refractivity contribution in [3.05, 3.63) is 33.3 Å². The van der Waals surface area contributed by atoms with Gasteiger partial charge in [-0.05, 0) is 6.07 Å². The van der Waals surface area contributed by atoms with Gasteiger partial charge in [0.05, 0.1) is 9.95 Å². The van der Waals surface area contributed by atoms with Crippen molar-refractivity contribution in [3.8, 4) is 18.1 Å². The van der Waals surface area contributed by atoms with Crippen molar-refractivity contribution in [1.29, 1.82) is 0 Å². The number of benzene rings is 1. The van der Waals surface area contributed by atoms with Gasteiger partial charge < -0.3 is 4.74 Å². The molecule has 0 atom stereocenters. The van der Waals surface area contributed by atoms with Gasteiger partial charge in [0.2, 0.25) is 0 Å². The van der Waals surface area contributed by atoms with Crippen LogP contribution >= 0.6 is 11.6 Å². The van der Waals surface area contributed by atoms with E-state index in [1.807, 2.05) is 0 Å². The molecular formula is C9H4ClNO4. The molecule has 0 spiro atoms. The molecule has 0 radical (unpaired) electrons. The SMILES string of the molecule is C#CC(=O)Oc1ccc([N+](=O)[O-])cc1Cl. The Hall–Kier alpha value is -2.06. The van der Waals surface area contributed by atoms with Gasteiger partial charge in [0, 0.05) is 18.1 Å². The van der Waals surface area contributed by atoms with Crippen LogP contribution in [0.2, 0.25) is 5.02 Å². The lowest BCUT2D eigenvalue weighted by Gasteiger charge is -2.01. The van der Waals surface area contributed by atoms with E-state index in [0.717, 1.165) is 12.1 Å². The minimum atomic E-state index is -0.911. The van der Waals surface area contributed by atoms with Crippen molar-refractivity contribution in [1.82, 2.24) is 0 Å². The first-order valence-corrected chi connectivity index (χ1v) is 4.04. The molecule has 6 heteroatoms. The van der Waals surface area contributed by atoms with Crippen LogP contribution in [0.3, 0.4) is 0 Å². The minimum Gasteiger partial charge on any atom is -0.415 e. The van der Waals surface area contributed by atoms with E-state index >= 15 is 0 Å². The highest BCUT2D eigenvalue weighted by molar-refractivity contribution is 6.32. The number of esters is 1. The lowest BCUT2D eigenvalue weighted by molar-refractivity contribution is -0.384. The van der Waals surface area contributed by atoms with Crippen molar-refractivity contribution in [2.24, 2.45) is 0 Å². The average Bonchev–Trinajstić information content (AvgIpc) is 2.20. The smallest absolute Gasteiger partial charge is 0.389 e. The Balaban J connectivity index is 2.99. The van der Waals surface area contributed by atoms with Crippen molar-refractivity contribution >= 4 is 23.3 Å². The fourth-order valence-corrected chi connectivity index (χ4v) is 1.03. The average molecular weight is 226 g/mol. The summed E-state index contributed by atoms with van der Waals surface area (Å²) in [6.07, 6.45) is 4.77. The monoisotopic (exact) mass is 225 g/mol. The number of carbonyl (C=O) groups excluding carboxylic acids is 1. The van der Waals surface area contributed by atoms with Crippen molar-refractivity contribution < 1.29 is 14.5 Å². The van der Waals surface area contributed by atoms with Gasteiger partial charge in [-0.2, -0.15) is 0 Å². The first-order chi connectivity index (χ1) is 7.04. The second-order valence-corrected chi connectivity index (χ2v) is 2.81. The number of nitrogens with zero attached hydrogens (tertiary/aromatic N) is 1. The quantitative estimate of drug-likeness (QED) is 0.192. The molecule has 0 fully saturated rings. The molecule has 0 aliphatic rings. The van der Waals surface area contributed by atoms with Crippen LogP contribution in [0.4, 0.5) is 5.69 Å². The second-order valence-electron chi connectivity index (χ2n) is 2.41. The van der Waals surface area contributed by atoms with Gasteiger partial charge in [-0.25, -0.2) is 4.79 Å². The highest BCUT2D eigenvalue weighted by atomic mass is 35.5. The summed E-state index contributed by atoms with van der Waals surface area (Å²) in [6, 6.07) is 3.43. The highest BCUT2D eigenvalue weighted by Crippen LogP contribution is 2.28. The van der Waals surface area contributed by atoms with Crippen LogP contribution in [0.1, 0.15) is 0 Å². The van der Waals surface area contributed by atoms with E-state index in [9.17, 15) is 14.9 Å². The molecule has 0 saturated carbocycles. The summed E-state index contributed by atoms with van der Waals surface area (Å²) in [7, 11) is 0. The van der Waals surface area contributed by atoms with Gasteiger partial charge >= 0.3 is 5.97 Å². The maximum atomic E-state index is 10.7. The summed E-state index contributed by atoms with van der Waals surface area (Å²) in [5.41, 5.74) is -0.194. The van der Waals surface area contributed by atoms with Gasteiger partial charge in [0.25, 0.3) is 5.69 Å². The zero-order valence-corrected chi connectivity index (χ0v) is 8.02. The molecule has 0 amide bonds. The van der Waals surface area contributed by atoms with Gasteiger partial charge in [0.1, 0.15) is 0 Å². The first kappa shape index (κ1) is 11.0. The van der Waals surface area contributed by atoms with E-state index in [0.29, 0.717) is 0 Å². The van der Waals surface area contributed by atoms with Crippen LogP contribution in [0.15, 0.2) is 18.2 Å². The number of terminal acetylenes is 1. The molecule has 5 nitrogen and oxygen atoms in total. The number of carbonyl (C=O) groups is 1. The van der Waals surface area contributed by atoms with Crippen LogP contribution in [-0.2, 0) is 4.79 Å². The molecule has 1 aromatic rings. The second kappa shape index (κ2) is 4.44.